The zero-order valence-electron chi connectivity index (χ0n) is 14.7. The van der Waals surface area contributed by atoms with Crippen LogP contribution in [0.4, 0.5) is 10.8 Å². The Balaban J connectivity index is 1.59. The Morgan fingerprint density at radius 3 is 2.63 bits per heavy atom. The third-order valence-corrected chi connectivity index (χ3v) is 5.46. The third-order valence-electron chi connectivity index (χ3n) is 4.52. The standard InChI is InChI=1S/C20H17N3O3S/c1-2-12-5-4-8-15-18(12)21-20(27-15)22-19(26)13-6-3-7-14(11-13)23-16(24)9-10-17(23)25/h3-8,11H,2,9-10H2,1H3,(H,21,22,26). The maximum Gasteiger partial charge on any atom is 0.257 e. The van der Waals surface area contributed by atoms with Crippen LogP contribution in [0.2, 0.25) is 0 Å². The van der Waals surface area contributed by atoms with Crippen LogP contribution >= 0.6 is 11.3 Å². The normalized spacial score (nSPS) is 14.2. The number of fused-ring (bicyclic) bond motifs is 1. The fraction of sp³-hybridized carbons (Fsp3) is 0.200. The summed E-state index contributed by atoms with van der Waals surface area (Å²) >= 11 is 1.42. The molecule has 0 unspecified atom stereocenters. The maximum absolute atomic E-state index is 12.6. The number of anilines is 2. The van der Waals surface area contributed by atoms with Crippen molar-refractivity contribution >= 4 is 50.1 Å². The third kappa shape index (κ3) is 3.21. The molecule has 1 saturated heterocycles. The molecule has 2 aromatic carbocycles. The first-order valence-corrected chi connectivity index (χ1v) is 9.54. The molecule has 4 rings (SSSR count). The Kier molecular flexibility index (Phi) is 4.45. The second-order valence-electron chi connectivity index (χ2n) is 6.26. The molecule has 0 atom stereocenters. The van der Waals surface area contributed by atoms with Crippen molar-refractivity contribution in [3.63, 3.8) is 0 Å². The lowest BCUT2D eigenvalue weighted by atomic mass is 10.1. The van der Waals surface area contributed by atoms with Crippen molar-refractivity contribution in [1.82, 2.24) is 4.98 Å². The van der Waals surface area contributed by atoms with E-state index in [2.05, 4.69) is 17.2 Å². The summed E-state index contributed by atoms with van der Waals surface area (Å²) in [4.78, 5) is 42.2. The number of hydrogen-bond acceptors (Lipinski definition) is 5. The van der Waals surface area contributed by atoms with Crippen LogP contribution in [0.1, 0.15) is 35.7 Å². The number of carbonyl (C=O) groups excluding carboxylic acids is 3. The summed E-state index contributed by atoms with van der Waals surface area (Å²) < 4.78 is 1.02. The summed E-state index contributed by atoms with van der Waals surface area (Å²) in [6.07, 6.45) is 1.29. The minimum Gasteiger partial charge on any atom is -0.298 e. The van der Waals surface area contributed by atoms with Crippen LogP contribution in [0, 0.1) is 0 Å². The number of aromatic nitrogens is 1. The molecule has 0 spiro atoms. The molecular weight excluding hydrogens is 362 g/mol. The fourth-order valence-corrected chi connectivity index (χ4v) is 4.07. The minimum atomic E-state index is -0.326. The van der Waals surface area contributed by atoms with Gasteiger partial charge in [-0.1, -0.05) is 36.5 Å². The zero-order chi connectivity index (χ0) is 19.0. The number of carbonyl (C=O) groups is 3. The van der Waals surface area contributed by atoms with Crippen molar-refractivity contribution in [3.05, 3.63) is 53.6 Å². The quantitative estimate of drug-likeness (QED) is 0.700. The van der Waals surface area contributed by atoms with E-state index in [1.807, 2.05) is 18.2 Å². The first-order valence-electron chi connectivity index (χ1n) is 8.72. The van der Waals surface area contributed by atoms with Gasteiger partial charge in [-0.2, -0.15) is 0 Å². The van der Waals surface area contributed by atoms with E-state index in [1.54, 1.807) is 24.3 Å². The number of aryl methyl sites for hydroxylation is 1. The van der Waals surface area contributed by atoms with E-state index < -0.39 is 0 Å². The van der Waals surface area contributed by atoms with Gasteiger partial charge in [0.1, 0.15) is 0 Å². The summed E-state index contributed by atoms with van der Waals surface area (Å²) in [6.45, 7) is 2.07. The first-order chi connectivity index (χ1) is 13.1. The Hall–Kier alpha value is -3.06. The molecule has 3 amide bonds. The summed E-state index contributed by atoms with van der Waals surface area (Å²) in [5.41, 5.74) is 2.84. The van der Waals surface area contributed by atoms with Crippen molar-refractivity contribution in [2.75, 3.05) is 10.2 Å². The van der Waals surface area contributed by atoms with Crippen LogP contribution in [0.3, 0.4) is 0 Å². The SMILES string of the molecule is CCc1cccc2sc(NC(=O)c3cccc(N4C(=O)CCC4=O)c3)nc12. The topological polar surface area (TPSA) is 79.4 Å². The molecule has 0 bridgehead atoms. The highest BCUT2D eigenvalue weighted by Gasteiger charge is 2.30. The van der Waals surface area contributed by atoms with Crippen molar-refractivity contribution < 1.29 is 14.4 Å². The van der Waals surface area contributed by atoms with Crippen molar-refractivity contribution in [2.45, 2.75) is 26.2 Å². The van der Waals surface area contributed by atoms with Gasteiger partial charge >= 0.3 is 0 Å². The molecule has 0 aliphatic carbocycles. The van der Waals surface area contributed by atoms with Crippen molar-refractivity contribution in [2.24, 2.45) is 0 Å². The van der Waals surface area contributed by atoms with Crippen LogP contribution in [-0.2, 0) is 16.0 Å². The maximum atomic E-state index is 12.6. The Morgan fingerprint density at radius 2 is 1.89 bits per heavy atom. The number of benzene rings is 2. The predicted molar refractivity (Wildman–Crippen MR) is 105 cm³/mol. The van der Waals surface area contributed by atoms with E-state index in [4.69, 9.17) is 0 Å². The van der Waals surface area contributed by atoms with Crippen LogP contribution < -0.4 is 10.2 Å². The van der Waals surface area contributed by atoms with Gasteiger partial charge in [0, 0.05) is 18.4 Å². The number of nitrogens with zero attached hydrogens (tertiary/aromatic N) is 2. The van der Waals surface area contributed by atoms with Gasteiger partial charge in [-0.3, -0.25) is 24.6 Å². The highest BCUT2D eigenvalue weighted by atomic mass is 32.1. The van der Waals surface area contributed by atoms with Crippen molar-refractivity contribution in [3.8, 4) is 0 Å². The van der Waals surface area contributed by atoms with E-state index >= 15 is 0 Å². The second kappa shape index (κ2) is 6.92. The predicted octanol–water partition coefficient (Wildman–Crippen LogP) is 3.76. The fourth-order valence-electron chi connectivity index (χ4n) is 3.16. The highest BCUT2D eigenvalue weighted by Crippen LogP contribution is 2.29. The Bertz CT molecular complexity index is 1060. The molecular formula is C20H17N3O3S. The number of para-hydroxylation sites is 1. The molecule has 1 N–H and O–H groups in total. The molecule has 27 heavy (non-hydrogen) atoms. The largest absolute Gasteiger partial charge is 0.298 e. The van der Waals surface area contributed by atoms with Gasteiger partial charge in [0.2, 0.25) is 11.8 Å². The average molecular weight is 379 g/mol. The molecule has 7 heteroatoms. The van der Waals surface area contributed by atoms with Crippen LogP contribution in [0.25, 0.3) is 10.2 Å². The first kappa shape index (κ1) is 17.4. The van der Waals surface area contributed by atoms with E-state index in [-0.39, 0.29) is 30.6 Å². The van der Waals surface area contributed by atoms with Crippen LogP contribution in [-0.4, -0.2) is 22.7 Å². The molecule has 1 aromatic heterocycles. The zero-order valence-corrected chi connectivity index (χ0v) is 15.5. The van der Waals surface area contributed by atoms with Gasteiger partial charge in [-0.05, 0) is 36.2 Å². The number of thiazole rings is 1. The summed E-state index contributed by atoms with van der Waals surface area (Å²) in [5, 5.41) is 3.34. The van der Waals surface area contributed by atoms with Crippen LogP contribution in [0.5, 0.6) is 0 Å². The van der Waals surface area contributed by atoms with E-state index in [0.717, 1.165) is 27.1 Å². The monoisotopic (exact) mass is 379 g/mol. The molecule has 2 heterocycles. The van der Waals surface area contributed by atoms with Gasteiger partial charge in [-0.25, -0.2) is 4.98 Å². The Morgan fingerprint density at radius 1 is 1.15 bits per heavy atom. The van der Waals surface area contributed by atoms with E-state index in [9.17, 15) is 14.4 Å². The number of rotatable bonds is 4. The number of nitrogens with one attached hydrogen (secondary N) is 1. The van der Waals surface area contributed by atoms with Crippen LogP contribution in [0.15, 0.2) is 42.5 Å². The minimum absolute atomic E-state index is 0.209. The van der Waals surface area contributed by atoms with Gasteiger partial charge in [0.15, 0.2) is 5.13 Å². The lowest BCUT2D eigenvalue weighted by Crippen LogP contribution is -2.28. The molecule has 0 saturated carbocycles. The Labute approximate surface area is 159 Å². The average Bonchev–Trinajstić information content (AvgIpc) is 3.23. The summed E-state index contributed by atoms with van der Waals surface area (Å²) in [7, 11) is 0. The molecule has 6 nitrogen and oxygen atoms in total. The molecule has 3 aromatic rings. The lowest BCUT2D eigenvalue weighted by molar-refractivity contribution is -0.121. The van der Waals surface area contributed by atoms with Gasteiger partial charge in [-0.15, -0.1) is 0 Å². The molecule has 1 aliphatic rings. The highest BCUT2D eigenvalue weighted by molar-refractivity contribution is 7.22. The van der Waals surface area contributed by atoms with E-state index in [0.29, 0.717) is 16.4 Å². The molecule has 1 aliphatic heterocycles. The summed E-state index contributed by atoms with van der Waals surface area (Å²) in [5.74, 6) is -0.806. The number of imide groups is 1. The van der Waals surface area contributed by atoms with Gasteiger partial charge in [0.25, 0.3) is 5.91 Å². The molecule has 0 radical (unpaired) electrons. The lowest BCUT2D eigenvalue weighted by Gasteiger charge is -2.14. The van der Waals surface area contributed by atoms with Crippen molar-refractivity contribution in [1.29, 1.82) is 0 Å². The number of amides is 3. The number of hydrogen-bond donors (Lipinski definition) is 1. The summed E-state index contributed by atoms with van der Waals surface area (Å²) in [6, 6.07) is 12.5. The molecule has 1 fully saturated rings. The van der Waals surface area contributed by atoms with Gasteiger partial charge in [0.05, 0.1) is 15.9 Å². The van der Waals surface area contributed by atoms with E-state index in [1.165, 1.54) is 11.3 Å². The molecule has 136 valence electrons. The smallest absolute Gasteiger partial charge is 0.257 e. The van der Waals surface area contributed by atoms with Gasteiger partial charge < -0.3 is 0 Å². The second-order valence-corrected chi connectivity index (χ2v) is 7.29.